The standard InChI is InChI=1S/C59H45N3/c1-5-19-42(20-6-1)49-29-13-15-31-52(49)62(48-35-36-51-50-30-14-16-32-53(50)61(56(51)41-48)47-27-11-4-12-28-47)55-34-18-22-44-38-40-59(58(44)55)39-37-43-21-17-33-54(57(43)59)60(45-23-7-2-8-24-45)46-25-9-3-10-26-46/h1-36,41H,37-40H2/t59-/m1/s1. The van der Waals surface area contributed by atoms with Crippen LogP contribution in [0.25, 0.3) is 38.6 Å². The maximum Gasteiger partial charge on any atom is 0.0561 e. The van der Waals surface area contributed by atoms with E-state index in [9.17, 15) is 0 Å². The van der Waals surface area contributed by atoms with Gasteiger partial charge in [-0.25, -0.2) is 0 Å². The summed E-state index contributed by atoms with van der Waals surface area (Å²) in [6.07, 6.45) is 4.20. The van der Waals surface area contributed by atoms with E-state index in [-0.39, 0.29) is 5.41 Å². The van der Waals surface area contributed by atoms with Crippen LogP contribution in [-0.2, 0) is 18.3 Å². The molecule has 0 N–H and O–H groups in total. The van der Waals surface area contributed by atoms with Crippen molar-refractivity contribution in [2.24, 2.45) is 0 Å². The topological polar surface area (TPSA) is 11.4 Å². The summed E-state index contributed by atoms with van der Waals surface area (Å²) in [6, 6.07) is 82.6. The molecule has 2 aliphatic carbocycles. The van der Waals surface area contributed by atoms with E-state index in [1.54, 1.807) is 0 Å². The lowest BCUT2D eigenvalue weighted by Crippen LogP contribution is -2.27. The fourth-order valence-corrected chi connectivity index (χ4v) is 11.0. The number of anilines is 6. The van der Waals surface area contributed by atoms with Crippen LogP contribution in [0.15, 0.2) is 224 Å². The van der Waals surface area contributed by atoms with Crippen LogP contribution in [0, 0.1) is 0 Å². The van der Waals surface area contributed by atoms with E-state index in [2.05, 4.69) is 239 Å². The van der Waals surface area contributed by atoms with E-state index >= 15 is 0 Å². The van der Waals surface area contributed by atoms with Crippen molar-refractivity contribution < 1.29 is 0 Å². The van der Waals surface area contributed by atoms with Crippen LogP contribution >= 0.6 is 0 Å². The minimum Gasteiger partial charge on any atom is -0.310 e. The summed E-state index contributed by atoms with van der Waals surface area (Å²) in [5.41, 5.74) is 18.7. The smallest absolute Gasteiger partial charge is 0.0561 e. The minimum absolute atomic E-state index is 0.192. The number of para-hydroxylation sites is 5. The Kier molecular flexibility index (Phi) is 8.67. The molecule has 1 aromatic heterocycles. The van der Waals surface area contributed by atoms with E-state index in [0.29, 0.717) is 0 Å². The third-order valence-electron chi connectivity index (χ3n) is 13.5. The number of hydrogen-bond donors (Lipinski definition) is 0. The average Bonchev–Trinajstić information content (AvgIpc) is 4.03. The monoisotopic (exact) mass is 795 g/mol. The number of aryl methyl sites for hydroxylation is 2. The highest BCUT2D eigenvalue weighted by Crippen LogP contribution is 2.60. The van der Waals surface area contributed by atoms with E-state index in [1.807, 2.05) is 0 Å². The summed E-state index contributed by atoms with van der Waals surface area (Å²) in [5.74, 6) is 0. The number of nitrogens with zero attached hydrogens (tertiary/aromatic N) is 3. The fourth-order valence-electron chi connectivity index (χ4n) is 11.0. The van der Waals surface area contributed by atoms with Gasteiger partial charge < -0.3 is 14.4 Å². The molecule has 0 bridgehead atoms. The van der Waals surface area contributed by atoms with Gasteiger partial charge in [0.05, 0.1) is 28.1 Å². The van der Waals surface area contributed by atoms with Gasteiger partial charge in [0.25, 0.3) is 0 Å². The van der Waals surface area contributed by atoms with E-state index in [0.717, 1.165) is 42.7 Å². The Morgan fingerprint density at radius 3 is 1.55 bits per heavy atom. The summed E-state index contributed by atoms with van der Waals surface area (Å²) >= 11 is 0. The molecule has 1 atom stereocenters. The molecule has 3 heteroatoms. The van der Waals surface area contributed by atoms with E-state index < -0.39 is 0 Å². The molecule has 62 heavy (non-hydrogen) atoms. The maximum absolute atomic E-state index is 2.59. The zero-order chi connectivity index (χ0) is 41.0. The molecule has 0 radical (unpaired) electrons. The van der Waals surface area contributed by atoms with Gasteiger partial charge in [0.1, 0.15) is 0 Å². The Balaban J connectivity index is 1.13. The fraction of sp³-hybridized carbons (Fsp3) is 0.0847. The molecule has 0 fully saturated rings. The molecule has 12 rings (SSSR count). The predicted molar refractivity (Wildman–Crippen MR) is 259 cm³/mol. The van der Waals surface area contributed by atoms with Crippen molar-refractivity contribution >= 4 is 55.9 Å². The van der Waals surface area contributed by atoms with Crippen LogP contribution in [0.4, 0.5) is 34.1 Å². The van der Waals surface area contributed by atoms with Crippen LogP contribution in [0.3, 0.4) is 0 Å². The molecular formula is C59H45N3. The van der Waals surface area contributed by atoms with Gasteiger partial charge >= 0.3 is 0 Å². The van der Waals surface area contributed by atoms with Crippen molar-refractivity contribution in [1.29, 1.82) is 0 Å². The van der Waals surface area contributed by atoms with Crippen LogP contribution in [0.1, 0.15) is 35.1 Å². The highest BCUT2D eigenvalue weighted by molar-refractivity contribution is 6.10. The zero-order valence-corrected chi connectivity index (χ0v) is 34.5. The summed E-state index contributed by atoms with van der Waals surface area (Å²) < 4.78 is 2.44. The number of benzene rings is 9. The van der Waals surface area contributed by atoms with Crippen molar-refractivity contribution in [1.82, 2.24) is 4.57 Å². The molecule has 9 aromatic carbocycles. The first-order valence-electron chi connectivity index (χ1n) is 22.0. The number of rotatable bonds is 8. The van der Waals surface area contributed by atoms with E-state index in [1.165, 1.54) is 77.9 Å². The summed E-state index contributed by atoms with van der Waals surface area (Å²) in [5, 5.41) is 2.50. The molecule has 296 valence electrons. The second kappa shape index (κ2) is 14.8. The molecule has 0 saturated heterocycles. The molecule has 1 spiro atoms. The Morgan fingerprint density at radius 1 is 0.371 bits per heavy atom. The lowest BCUT2D eigenvalue weighted by atomic mass is 9.74. The Bertz CT molecular complexity index is 3200. The van der Waals surface area contributed by atoms with Gasteiger partial charge in [-0.15, -0.1) is 0 Å². The van der Waals surface area contributed by atoms with Gasteiger partial charge in [-0.2, -0.15) is 0 Å². The lowest BCUT2D eigenvalue weighted by Gasteiger charge is -2.37. The van der Waals surface area contributed by atoms with Gasteiger partial charge in [0.2, 0.25) is 0 Å². The third-order valence-corrected chi connectivity index (χ3v) is 13.5. The van der Waals surface area contributed by atoms with Crippen LogP contribution in [-0.4, -0.2) is 4.57 Å². The quantitative estimate of drug-likeness (QED) is 0.152. The largest absolute Gasteiger partial charge is 0.310 e. The molecule has 3 nitrogen and oxygen atoms in total. The van der Waals surface area contributed by atoms with Gasteiger partial charge in [-0.05, 0) is 126 Å². The first-order valence-corrected chi connectivity index (χ1v) is 22.0. The van der Waals surface area contributed by atoms with Gasteiger partial charge in [0.15, 0.2) is 0 Å². The van der Waals surface area contributed by atoms with Crippen molar-refractivity contribution in [2.75, 3.05) is 9.80 Å². The molecular weight excluding hydrogens is 751 g/mol. The SMILES string of the molecule is c1ccc(-c2ccccc2N(c2ccc3c4ccccc4n(-c4ccccc4)c3c2)c2cccc3c2[C@]2(CCc4cccc(N(c5ccccc5)c5ccccc5)c42)CC3)cc1. The van der Waals surface area contributed by atoms with Crippen molar-refractivity contribution in [3.63, 3.8) is 0 Å². The first kappa shape index (κ1) is 36.2. The second-order valence-corrected chi connectivity index (χ2v) is 16.8. The number of fused-ring (bicyclic) bond motifs is 7. The summed E-state index contributed by atoms with van der Waals surface area (Å²) in [6.45, 7) is 0. The third kappa shape index (κ3) is 5.73. The molecule has 10 aromatic rings. The second-order valence-electron chi connectivity index (χ2n) is 16.8. The van der Waals surface area contributed by atoms with Crippen LogP contribution < -0.4 is 9.80 Å². The van der Waals surface area contributed by atoms with Gasteiger partial charge in [-0.3, -0.25) is 0 Å². The van der Waals surface area contributed by atoms with Crippen LogP contribution in [0.2, 0.25) is 0 Å². The maximum atomic E-state index is 2.59. The summed E-state index contributed by atoms with van der Waals surface area (Å²) in [4.78, 5) is 5.08. The highest BCUT2D eigenvalue weighted by Gasteiger charge is 2.49. The normalized spacial score (nSPS) is 15.2. The number of hydrogen-bond acceptors (Lipinski definition) is 2. The molecule has 2 aliphatic rings. The van der Waals surface area contributed by atoms with Crippen LogP contribution in [0.5, 0.6) is 0 Å². The average molecular weight is 796 g/mol. The predicted octanol–water partition coefficient (Wildman–Crippen LogP) is 15.6. The summed E-state index contributed by atoms with van der Waals surface area (Å²) in [7, 11) is 0. The number of aromatic nitrogens is 1. The first-order chi connectivity index (χ1) is 30.8. The zero-order valence-electron chi connectivity index (χ0n) is 34.5. The Hall–Kier alpha value is -7.62. The Labute approximate surface area is 363 Å². The minimum atomic E-state index is -0.192. The van der Waals surface area contributed by atoms with Gasteiger partial charge in [0, 0.05) is 44.5 Å². The lowest BCUT2D eigenvalue weighted by molar-refractivity contribution is 0.508. The van der Waals surface area contributed by atoms with Gasteiger partial charge in [-0.1, -0.05) is 152 Å². The van der Waals surface area contributed by atoms with Crippen molar-refractivity contribution in [3.8, 4) is 16.8 Å². The Morgan fingerprint density at radius 2 is 0.887 bits per heavy atom. The highest BCUT2D eigenvalue weighted by atomic mass is 15.2. The molecule has 1 heterocycles. The van der Waals surface area contributed by atoms with Crippen molar-refractivity contribution in [3.05, 3.63) is 247 Å². The van der Waals surface area contributed by atoms with Crippen molar-refractivity contribution in [2.45, 2.75) is 31.1 Å². The molecule has 0 saturated carbocycles. The van der Waals surface area contributed by atoms with E-state index in [4.69, 9.17) is 0 Å². The molecule has 0 amide bonds. The molecule has 0 aliphatic heterocycles. The molecule has 0 unspecified atom stereocenters.